The first kappa shape index (κ1) is 23.8. The minimum absolute atomic E-state index is 0.713. The fraction of sp³-hybridized carbons (Fsp3) is 0.652. The Balaban J connectivity index is 1.59. The minimum atomic E-state index is 0.713. The summed E-state index contributed by atoms with van der Waals surface area (Å²) < 4.78 is 11.9. The van der Waals surface area contributed by atoms with Crippen molar-refractivity contribution in [2.45, 2.75) is 33.5 Å². The maximum absolute atomic E-state index is 5.97. The SMILES string of the molecule is CCN1CCOCCN(Cc2ccccc2)CCOCCN(CC)Cc2nc(n[nH]2)C1. The predicted molar refractivity (Wildman–Crippen MR) is 122 cm³/mol. The van der Waals surface area contributed by atoms with Crippen molar-refractivity contribution in [2.75, 3.05) is 65.7 Å². The van der Waals surface area contributed by atoms with E-state index in [-0.39, 0.29) is 0 Å². The topological polar surface area (TPSA) is 69.8 Å². The first-order chi connectivity index (χ1) is 15.3. The van der Waals surface area contributed by atoms with Crippen LogP contribution in [0.15, 0.2) is 30.3 Å². The van der Waals surface area contributed by atoms with E-state index in [1.54, 1.807) is 0 Å². The van der Waals surface area contributed by atoms with Gasteiger partial charge in [0.1, 0.15) is 5.82 Å². The third kappa shape index (κ3) is 8.66. The Morgan fingerprint density at radius 1 is 0.806 bits per heavy atom. The Hall–Kier alpha value is -1.84. The van der Waals surface area contributed by atoms with E-state index in [0.717, 1.165) is 83.8 Å². The molecule has 2 aromatic rings. The zero-order chi connectivity index (χ0) is 21.7. The number of ether oxygens (including phenoxy) is 2. The third-order valence-electron chi connectivity index (χ3n) is 5.67. The molecule has 0 spiro atoms. The van der Waals surface area contributed by atoms with Crippen molar-refractivity contribution in [1.82, 2.24) is 29.9 Å². The van der Waals surface area contributed by atoms with Gasteiger partial charge in [-0.1, -0.05) is 44.2 Å². The van der Waals surface area contributed by atoms with E-state index in [1.807, 2.05) is 0 Å². The smallest absolute Gasteiger partial charge is 0.164 e. The fourth-order valence-electron chi connectivity index (χ4n) is 3.68. The van der Waals surface area contributed by atoms with E-state index in [1.165, 1.54) is 5.56 Å². The average Bonchev–Trinajstić information content (AvgIpc) is 3.23. The maximum Gasteiger partial charge on any atom is 0.164 e. The van der Waals surface area contributed by atoms with Gasteiger partial charge in [0, 0.05) is 32.7 Å². The molecule has 1 N–H and O–H groups in total. The molecule has 0 amide bonds. The van der Waals surface area contributed by atoms with Crippen molar-refractivity contribution < 1.29 is 9.47 Å². The van der Waals surface area contributed by atoms with Gasteiger partial charge in [-0.25, -0.2) is 4.98 Å². The molecule has 0 fully saturated rings. The van der Waals surface area contributed by atoms with E-state index in [2.05, 4.69) is 74.1 Å². The Morgan fingerprint density at radius 3 is 2.00 bits per heavy atom. The quantitative estimate of drug-likeness (QED) is 0.796. The molecule has 0 aliphatic carbocycles. The molecule has 0 atom stereocenters. The number of H-pyrrole nitrogens is 1. The van der Waals surface area contributed by atoms with E-state index in [4.69, 9.17) is 9.47 Å². The Bertz CT molecular complexity index is 687. The van der Waals surface area contributed by atoms with Gasteiger partial charge in [-0.15, -0.1) is 0 Å². The van der Waals surface area contributed by atoms with E-state index in [9.17, 15) is 0 Å². The van der Waals surface area contributed by atoms with Crippen LogP contribution in [0.5, 0.6) is 0 Å². The van der Waals surface area contributed by atoms with Gasteiger partial charge in [0.15, 0.2) is 5.82 Å². The van der Waals surface area contributed by atoms with Crippen LogP contribution in [0, 0.1) is 0 Å². The predicted octanol–water partition coefficient (Wildman–Crippen LogP) is 2.00. The normalized spacial score (nSPS) is 19.7. The molecule has 0 saturated heterocycles. The van der Waals surface area contributed by atoms with E-state index >= 15 is 0 Å². The van der Waals surface area contributed by atoms with Crippen LogP contribution in [-0.2, 0) is 29.1 Å². The second-order valence-electron chi connectivity index (χ2n) is 7.92. The van der Waals surface area contributed by atoms with Gasteiger partial charge in [-0.05, 0) is 18.7 Å². The number of nitrogens with one attached hydrogen (secondary N) is 1. The summed E-state index contributed by atoms with van der Waals surface area (Å²) in [6, 6.07) is 10.6. The molecule has 1 aliphatic rings. The fourth-order valence-corrected chi connectivity index (χ4v) is 3.68. The molecule has 172 valence electrons. The number of nitrogens with zero attached hydrogens (tertiary/aromatic N) is 5. The number of aromatic nitrogens is 3. The second kappa shape index (κ2) is 13.5. The van der Waals surface area contributed by atoms with Gasteiger partial charge in [0.25, 0.3) is 0 Å². The van der Waals surface area contributed by atoms with Gasteiger partial charge in [0.2, 0.25) is 0 Å². The summed E-state index contributed by atoms with van der Waals surface area (Å²) >= 11 is 0. The molecule has 8 heteroatoms. The molecule has 31 heavy (non-hydrogen) atoms. The van der Waals surface area contributed by atoms with Crippen LogP contribution < -0.4 is 0 Å². The highest BCUT2D eigenvalue weighted by molar-refractivity contribution is 5.14. The second-order valence-corrected chi connectivity index (χ2v) is 7.92. The lowest BCUT2D eigenvalue weighted by atomic mass is 10.2. The van der Waals surface area contributed by atoms with Gasteiger partial charge < -0.3 is 9.47 Å². The number of hydrogen-bond acceptors (Lipinski definition) is 7. The molecular weight excluding hydrogens is 392 g/mol. The molecule has 0 unspecified atom stereocenters. The highest BCUT2D eigenvalue weighted by Crippen LogP contribution is 2.06. The van der Waals surface area contributed by atoms with Gasteiger partial charge >= 0.3 is 0 Å². The van der Waals surface area contributed by atoms with Crippen LogP contribution in [0.1, 0.15) is 31.1 Å². The van der Waals surface area contributed by atoms with Crippen LogP contribution in [-0.4, -0.2) is 95.6 Å². The monoisotopic (exact) mass is 430 g/mol. The van der Waals surface area contributed by atoms with Gasteiger partial charge in [-0.3, -0.25) is 19.8 Å². The van der Waals surface area contributed by atoms with Crippen LogP contribution >= 0.6 is 0 Å². The average molecular weight is 431 g/mol. The minimum Gasteiger partial charge on any atom is -0.379 e. The summed E-state index contributed by atoms with van der Waals surface area (Å²) in [7, 11) is 0. The summed E-state index contributed by atoms with van der Waals surface area (Å²) in [6.45, 7) is 15.1. The van der Waals surface area contributed by atoms with Crippen LogP contribution in [0.25, 0.3) is 0 Å². The molecule has 1 aromatic heterocycles. The molecule has 1 aromatic carbocycles. The lowest BCUT2D eigenvalue weighted by molar-refractivity contribution is 0.0554. The number of aromatic amines is 1. The first-order valence-electron chi connectivity index (χ1n) is 11.5. The molecule has 0 radical (unpaired) electrons. The molecule has 8 nitrogen and oxygen atoms in total. The first-order valence-corrected chi connectivity index (χ1v) is 11.5. The van der Waals surface area contributed by atoms with Crippen molar-refractivity contribution in [3.8, 4) is 0 Å². The zero-order valence-corrected chi connectivity index (χ0v) is 19.1. The van der Waals surface area contributed by atoms with Crippen LogP contribution in [0.4, 0.5) is 0 Å². The number of benzene rings is 1. The van der Waals surface area contributed by atoms with E-state index in [0.29, 0.717) is 13.2 Å². The summed E-state index contributed by atoms with van der Waals surface area (Å²) in [5.74, 6) is 1.76. The van der Waals surface area contributed by atoms with Crippen LogP contribution in [0.2, 0.25) is 0 Å². The Kier molecular flexibility index (Phi) is 10.4. The number of rotatable bonds is 4. The lowest BCUT2D eigenvalue weighted by Gasteiger charge is -2.24. The largest absolute Gasteiger partial charge is 0.379 e. The van der Waals surface area contributed by atoms with E-state index < -0.39 is 0 Å². The molecule has 1 aliphatic heterocycles. The Morgan fingerprint density at radius 2 is 1.39 bits per heavy atom. The van der Waals surface area contributed by atoms with Gasteiger partial charge in [0.05, 0.1) is 39.5 Å². The van der Waals surface area contributed by atoms with Crippen molar-refractivity contribution in [3.05, 3.63) is 47.5 Å². The number of likely N-dealkylation sites (N-methyl/N-ethyl adjacent to an activating group) is 2. The van der Waals surface area contributed by atoms with Crippen molar-refractivity contribution in [1.29, 1.82) is 0 Å². The molecule has 0 saturated carbocycles. The van der Waals surface area contributed by atoms with Crippen molar-refractivity contribution in [2.24, 2.45) is 0 Å². The number of fused-ring (bicyclic) bond motifs is 2. The van der Waals surface area contributed by atoms with Crippen LogP contribution in [0.3, 0.4) is 0 Å². The highest BCUT2D eigenvalue weighted by Gasteiger charge is 2.13. The van der Waals surface area contributed by atoms with Gasteiger partial charge in [-0.2, -0.15) is 5.10 Å². The maximum atomic E-state index is 5.97. The summed E-state index contributed by atoms with van der Waals surface area (Å²) in [4.78, 5) is 11.8. The molecule has 2 heterocycles. The lowest BCUT2D eigenvalue weighted by Crippen LogP contribution is -2.33. The third-order valence-corrected chi connectivity index (χ3v) is 5.67. The van der Waals surface area contributed by atoms with Crippen molar-refractivity contribution >= 4 is 0 Å². The highest BCUT2D eigenvalue weighted by atomic mass is 16.5. The van der Waals surface area contributed by atoms with Crippen molar-refractivity contribution in [3.63, 3.8) is 0 Å². The molecule has 2 bridgehead atoms. The Labute approximate surface area is 186 Å². The summed E-state index contributed by atoms with van der Waals surface area (Å²) in [6.07, 6.45) is 0. The summed E-state index contributed by atoms with van der Waals surface area (Å²) in [5, 5.41) is 7.51. The molecular formula is C23H38N6O2. The standard InChI is InChI=1S/C23H38N6O2/c1-3-27-10-14-30-16-12-29(18-21-8-6-5-7-9-21)13-17-31-15-11-28(4-2)20-23-24-22(19-27)25-26-23/h5-9H,3-4,10-20H2,1-2H3,(H,24,25,26). The molecule has 3 rings (SSSR count). The zero-order valence-electron chi connectivity index (χ0n) is 19.1. The number of hydrogen-bond donors (Lipinski definition) is 1. The summed E-state index contributed by atoms with van der Waals surface area (Å²) in [5.41, 5.74) is 1.32.